The summed E-state index contributed by atoms with van der Waals surface area (Å²) in [5, 5.41) is 0. The lowest BCUT2D eigenvalue weighted by Gasteiger charge is -2.34. The van der Waals surface area contributed by atoms with E-state index in [4.69, 9.17) is 0 Å². The maximum absolute atomic E-state index is 11.8. The smallest absolute Gasteiger partial charge is 0.222 e. The van der Waals surface area contributed by atoms with Crippen molar-refractivity contribution >= 4 is 21.8 Å². The van der Waals surface area contributed by atoms with Crippen molar-refractivity contribution in [1.82, 2.24) is 4.90 Å². The lowest BCUT2D eigenvalue weighted by Crippen LogP contribution is -2.44. The van der Waals surface area contributed by atoms with E-state index in [9.17, 15) is 4.79 Å². The van der Waals surface area contributed by atoms with E-state index in [0.29, 0.717) is 29.0 Å². The third kappa shape index (κ3) is 3.60. The predicted octanol–water partition coefficient (Wildman–Crippen LogP) is 2.66. The first-order valence-corrected chi connectivity index (χ1v) is 6.32. The zero-order valence-corrected chi connectivity index (χ0v) is 10.9. The molecule has 0 N–H and O–H groups in total. The molecule has 14 heavy (non-hydrogen) atoms. The molecule has 0 aromatic carbocycles. The van der Waals surface area contributed by atoms with E-state index >= 15 is 0 Å². The molecule has 1 amide bonds. The maximum atomic E-state index is 11.8. The summed E-state index contributed by atoms with van der Waals surface area (Å²) in [6.45, 7) is 8.22. The molecule has 0 bridgehead atoms. The summed E-state index contributed by atoms with van der Waals surface area (Å²) < 4.78 is 0. The minimum Gasteiger partial charge on any atom is -0.341 e. The highest BCUT2D eigenvalue weighted by Gasteiger charge is 2.26. The summed E-state index contributed by atoms with van der Waals surface area (Å²) in [5.41, 5.74) is 0. The van der Waals surface area contributed by atoms with Gasteiger partial charge < -0.3 is 4.90 Å². The van der Waals surface area contributed by atoms with Crippen molar-refractivity contribution in [2.75, 3.05) is 13.1 Å². The number of rotatable bonds is 2. The average molecular weight is 262 g/mol. The Kier molecular flexibility index (Phi) is 4.42. The number of likely N-dealkylation sites (tertiary alicyclic amines) is 1. The van der Waals surface area contributed by atoms with Crippen molar-refractivity contribution in [2.24, 2.45) is 11.8 Å². The molecule has 2 unspecified atom stereocenters. The second kappa shape index (κ2) is 5.15. The van der Waals surface area contributed by atoms with Gasteiger partial charge in [0.25, 0.3) is 0 Å². The van der Waals surface area contributed by atoms with Gasteiger partial charge >= 0.3 is 0 Å². The molecule has 82 valence electrons. The molecular weight excluding hydrogens is 242 g/mol. The number of halogens is 1. The van der Waals surface area contributed by atoms with Gasteiger partial charge in [0.15, 0.2) is 0 Å². The number of hydrogen-bond acceptors (Lipinski definition) is 1. The Morgan fingerprint density at radius 1 is 1.50 bits per heavy atom. The monoisotopic (exact) mass is 261 g/mol. The second-order valence-corrected chi connectivity index (χ2v) is 6.13. The van der Waals surface area contributed by atoms with E-state index in [2.05, 4.69) is 36.7 Å². The maximum Gasteiger partial charge on any atom is 0.222 e. The summed E-state index contributed by atoms with van der Waals surface area (Å²) in [7, 11) is 0. The first kappa shape index (κ1) is 12.0. The third-order valence-corrected chi connectivity index (χ3v) is 3.21. The summed E-state index contributed by atoms with van der Waals surface area (Å²) in [4.78, 5) is 14.3. The fraction of sp³-hybridized carbons (Fsp3) is 0.909. The van der Waals surface area contributed by atoms with Crippen LogP contribution >= 0.6 is 15.9 Å². The van der Waals surface area contributed by atoms with E-state index in [1.807, 2.05) is 4.90 Å². The standard InChI is InChI=1S/C11H20BrNO/c1-8(2)4-11(14)13-6-9(3)5-10(12)7-13/h8-10H,4-7H2,1-3H3. The van der Waals surface area contributed by atoms with Crippen LogP contribution < -0.4 is 0 Å². The Morgan fingerprint density at radius 3 is 2.64 bits per heavy atom. The quantitative estimate of drug-likeness (QED) is 0.700. The molecular formula is C11H20BrNO. The first-order valence-electron chi connectivity index (χ1n) is 5.41. The predicted molar refractivity (Wildman–Crippen MR) is 62.5 cm³/mol. The second-order valence-electron chi connectivity index (χ2n) is 4.83. The number of carbonyl (C=O) groups is 1. The number of carbonyl (C=O) groups excluding carboxylic acids is 1. The molecule has 0 aromatic heterocycles. The van der Waals surface area contributed by atoms with Crippen LogP contribution in [-0.4, -0.2) is 28.7 Å². The highest BCUT2D eigenvalue weighted by atomic mass is 79.9. The Morgan fingerprint density at radius 2 is 2.14 bits per heavy atom. The summed E-state index contributed by atoms with van der Waals surface area (Å²) in [5.74, 6) is 1.41. The largest absolute Gasteiger partial charge is 0.341 e. The Balaban J connectivity index is 2.46. The van der Waals surface area contributed by atoms with Crippen molar-refractivity contribution in [3.8, 4) is 0 Å². The van der Waals surface area contributed by atoms with E-state index in [1.54, 1.807) is 0 Å². The molecule has 0 saturated carbocycles. The molecule has 1 rings (SSSR count). The molecule has 0 aliphatic carbocycles. The molecule has 2 nitrogen and oxygen atoms in total. The summed E-state index contributed by atoms with van der Waals surface area (Å²) in [6, 6.07) is 0. The minimum atomic E-state index is 0.316. The highest BCUT2D eigenvalue weighted by molar-refractivity contribution is 9.09. The third-order valence-electron chi connectivity index (χ3n) is 2.54. The zero-order chi connectivity index (χ0) is 10.7. The average Bonchev–Trinajstić information content (AvgIpc) is 2.00. The van der Waals surface area contributed by atoms with Crippen molar-refractivity contribution in [2.45, 2.75) is 38.4 Å². The molecule has 3 heteroatoms. The van der Waals surface area contributed by atoms with Crippen molar-refractivity contribution < 1.29 is 4.79 Å². The SMILES string of the molecule is CC(C)CC(=O)N1CC(C)CC(Br)C1. The van der Waals surface area contributed by atoms with Gasteiger partial charge in [0.1, 0.15) is 0 Å². The number of alkyl halides is 1. The van der Waals surface area contributed by atoms with Gasteiger partial charge in [-0.15, -0.1) is 0 Å². The van der Waals surface area contributed by atoms with Crippen LogP contribution in [0.3, 0.4) is 0 Å². The van der Waals surface area contributed by atoms with Gasteiger partial charge in [0.05, 0.1) is 0 Å². The van der Waals surface area contributed by atoms with Crippen LogP contribution in [0.1, 0.15) is 33.6 Å². The lowest BCUT2D eigenvalue weighted by molar-refractivity contribution is -0.133. The number of hydrogen-bond donors (Lipinski definition) is 0. The zero-order valence-electron chi connectivity index (χ0n) is 9.29. The van der Waals surface area contributed by atoms with Crippen LogP contribution in [0.2, 0.25) is 0 Å². The summed E-state index contributed by atoms with van der Waals surface area (Å²) in [6.07, 6.45) is 1.87. The number of amides is 1. The molecule has 2 atom stereocenters. The molecule has 0 aromatic rings. The molecule has 1 aliphatic heterocycles. The van der Waals surface area contributed by atoms with Crippen LogP contribution in [0.15, 0.2) is 0 Å². The van der Waals surface area contributed by atoms with Crippen molar-refractivity contribution in [3.05, 3.63) is 0 Å². The van der Waals surface area contributed by atoms with Gasteiger partial charge in [-0.1, -0.05) is 36.7 Å². The van der Waals surface area contributed by atoms with Crippen LogP contribution in [0, 0.1) is 11.8 Å². The van der Waals surface area contributed by atoms with Gasteiger partial charge in [-0.05, 0) is 18.3 Å². The van der Waals surface area contributed by atoms with E-state index in [-0.39, 0.29) is 0 Å². The molecule has 1 aliphatic rings. The van der Waals surface area contributed by atoms with Crippen LogP contribution in [0.25, 0.3) is 0 Å². The lowest BCUT2D eigenvalue weighted by atomic mass is 9.99. The normalized spacial score (nSPS) is 28.2. The van der Waals surface area contributed by atoms with Gasteiger partial charge in [-0.25, -0.2) is 0 Å². The van der Waals surface area contributed by atoms with Gasteiger partial charge in [-0.2, -0.15) is 0 Å². The fourth-order valence-corrected chi connectivity index (χ4v) is 2.95. The van der Waals surface area contributed by atoms with Crippen molar-refractivity contribution in [1.29, 1.82) is 0 Å². The Labute approximate surface area is 95.2 Å². The summed E-state index contributed by atoms with van der Waals surface area (Å²) >= 11 is 3.61. The molecule has 0 radical (unpaired) electrons. The first-order chi connectivity index (χ1) is 6.49. The van der Waals surface area contributed by atoms with E-state index < -0.39 is 0 Å². The molecule has 1 heterocycles. The fourth-order valence-electron chi connectivity index (χ4n) is 1.96. The van der Waals surface area contributed by atoms with Crippen LogP contribution in [-0.2, 0) is 4.79 Å². The van der Waals surface area contributed by atoms with Crippen LogP contribution in [0.4, 0.5) is 0 Å². The van der Waals surface area contributed by atoms with E-state index in [1.165, 1.54) is 6.42 Å². The van der Waals surface area contributed by atoms with Crippen LogP contribution in [0.5, 0.6) is 0 Å². The van der Waals surface area contributed by atoms with E-state index in [0.717, 1.165) is 13.1 Å². The molecule has 1 fully saturated rings. The topological polar surface area (TPSA) is 20.3 Å². The Hall–Kier alpha value is -0.0500. The highest BCUT2D eigenvalue weighted by Crippen LogP contribution is 2.22. The number of piperidine rings is 1. The number of nitrogens with zero attached hydrogens (tertiary/aromatic N) is 1. The van der Waals surface area contributed by atoms with Crippen molar-refractivity contribution in [3.63, 3.8) is 0 Å². The Bertz CT molecular complexity index is 195. The molecule has 0 spiro atoms. The van der Waals surface area contributed by atoms with Gasteiger partial charge in [0.2, 0.25) is 5.91 Å². The van der Waals surface area contributed by atoms with Gasteiger partial charge in [-0.3, -0.25) is 4.79 Å². The van der Waals surface area contributed by atoms with Gasteiger partial charge in [0, 0.05) is 24.3 Å². The molecule has 1 saturated heterocycles. The minimum absolute atomic E-state index is 0.316.